The maximum absolute atomic E-state index is 12.8. The Bertz CT molecular complexity index is 1130. The van der Waals surface area contributed by atoms with Gasteiger partial charge in [0, 0.05) is 4.88 Å². The molecule has 4 rings (SSSR count). The molecule has 0 spiro atoms. The predicted octanol–water partition coefficient (Wildman–Crippen LogP) is 3.39. The average Bonchev–Trinajstić information content (AvgIpc) is 3.08. The first-order valence-electron chi connectivity index (χ1n) is 6.69. The van der Waals surface area contributed by atoms with E-state index in [1.165, 1.54) is 47.7 Å². The highest BCUT2D eigenvalue weighted by atomic mass is 32.2. The fourth-order valence-electron chi connectivity index (χ4n) is 2.67. The van der Waals surface area contributed by atoms with Gasteiger partial charge in [0.15, 0.2) is 0 Å². The molecule has 0 aliphatic carbocycles. The highest BCUT2D eigenvalue weighted by Crippen LogP contribution is 2.41. The van der Waals surface area contributed by atoms with Gasteiger partial charge in [-0.3, -0.25) is 0 Å². The zero-order chi connectivity index (χ0) is 16.2. The maximum atomic E-state index is 12.8. The molecular weight excluding hydrogens is 352 g/mol. The number of benzene rings is 2. The molecule has 2 aromatic carbocycles. The van der Waals surface area contributed by atoms with Crippen LogP contribution >= 0.6 is 11.3 Å². The molecule has 1 aliphatic rings. The van der Waals surface area contributed by atoms with Crippen LogP contribution in [0.25, 0.3) is 10.4 Å². The number of rotatable bonds is 1. The number of hydrogen-bond acceptors (Lipinski definition) is 5. The second-order valence-electron chi connectivity index (χ2n) is 5.09. The standard InChI is InChI=1S/C16H10O4S3/c17-22(18)13-5-1-2-6-14(13)23(19,20)16-10-11(7-8-15(16)22)12-4-3-9-21-12/h1-10H. The lowest BCUT2D eigenvalue weighted by Gasteiger charge is -2.20. The van der Waals surface area contributed by atoms with Crippen LogP contribution in [0.5, 0.6) is 0 Å². The smallest absolute Gasteiger partial charge is 0.209 e. The molecule has 0 saturated carbocycles. The van der Waals surface area contributed by atoms with Gasteiger partial charge in [0.25, 0.3) is 0 Å². The van der Waals surface area contributed by atoms with Gasteiger partial charge in [-0.15, -0.1) is 11.3 Å². The van der Waals surface area contributed by atoms with E-state index >= 15 is 0 Å². The van der Waals surface area contributed by atoms with Gasteiger partial charge in [0.2, 0.25) is 19.7 Å². The molecule has 7 heteroatoms. The van der Waals surface area contributed by atoms with Crippen LogP contribution in [0.2, 0.25) is 0 Å². The Morgan fingerprint density at radius 1 is 0.652 bits per heavy atom. The van der Waals surface area contributed by atoms with E-state index < -0.39 is 19.7 Å². The zero-order valence-corrected chi connectivity index (χ0v) is 14.1. The van der Waals surface area contributed by atoms with Crippen LogP contribution in [0, 0.1) is 0 Å². The van der Waals surface area contributed by atoms with Gasteiger partial charge in [-0.2, -0.15) is 0 Å². The molecule has 23 heavy (non-hydrogen) atoms. The van der Waals surface area contributed by atoms with Gasteiger partial charge in [0.1, 0.15) is 0 Å². The lowest BCUT2D eigenvalue weighted by molar-refractivity contribution is 0.570. The third-order valence-electron chi connectivity index (χ3n) is 3.76. The zero-order valence-electron chi connectivity index (χ0n) is 11.6. The molecule has 3 aromatic rings. The third kappa shape index (κ3) is 2.00. The number of fused-ring (bicyclic) bond motifs is 2. The van der Waals surface area contributed by atoms with Crippen LogP contribution in [0.4, 0.5) is 0 Å². The van der Waals surface area contributed by atoms with E-state index in [0.717, 1.165) is 4.88 Å². The fraction of sp³-hybridized carbons (Fsp3) is 0. The lowest BCUT2D eigenvalue weighted by atomic mass is 10.2. The Morgan fingerprint density at radius 2 is 1.26 bits per heavy atom. The molecule has 2 heterocycles. The molecule has 116 valence electrons. The molecular formula is C16H10O4S3. The summed E-state index contributed by atoms with van der Waals surface area (Å²) in [5.74, 6) is 0. The molecule has 1 aromatic heterocycles. The highest BCUT2D eigenvalue weighted by molar-refractivity contribution is 7.97. The van der Waals surface area contributed by atoms with Crippen molar-refractivity contribution in [1.29, 1.82) is 0 Å². The minimum absolute atomic E-state index is 0.151. The summed E-state index contributed by atoms with van der Waals surface area (Å²) < 4.78 is 51.1. The minimum Gasteiger partial charge on any atom is -0.218 e. The molecule has 4 nitrogen and oxygen atoms in total. The summed E-state index contributed by atoms with van der Waals surface area (Å²) in [7, 11) is -7.69. The first-order chi connectivity index (χ1) is 10.9. The second kappa shape index (κ2) is 4.77. The van der Waals surface area contributed by atoms with Crippen molar-refractivity contribution in [2.24, 2.45) is 0 Å². The minimum atomic E-state index is -3.86. The van der Waals surface area contributed by atoms with Crippen molar-refractivity contribution in [3.8, 4) is 10.4 Å². The topological polar surface area (TPSA) is 68.3 Å². The molecule has 0 atom stereocenters. The number of sulfone groups is 2. The number of thiophene rings is 1. The Hall–Kier alpha value is -1.96. The monoisotopic (exact) mass is 362 g/mol. The van der Waals surface area contributed by atoms with Crippen molar-refractivity contribution >= 4 is 31.0 Å². The van der Waals surface area contributed by atoms with E-state index in [1.54, 1.807) is 6.07 Å². The van der Waals surface area contributed by atoms with Crippen molar-refractivity contribution in [3.63, 3.8) is 0 Å². The summed E-state index contributed by atoms with van der Waals surface area (Å²) >= 11 is 1.47. The maximum Gasteiger partial charge on any atom is 0.209 e. The van der Waals surface area contributed by atoms with Crippen molar-refractivity contribution in [2.45, 2.75) is 19.6 Å². The molecule has 1 aliphatic heterocycles. The van der Waals surface area contributed by atoms with Crippen LogP contribution in [0.3, 0.4) is 0 Å². The van der Waals surface area contributed by atoms with Crippen molar-refractivity contribution in [1.82, 2.24) is 0 Å². The van der Waals surface area contributed by atoms with Gasteiger partial charge in [-0.1, -0.05) is 24.3 Å². The van der Waals surface area contributed by atoms with Crippen molar-refractivity contribution in [2.75, 3.05) is 0 Å². The van der Waals surface area contributed by atoms with Crippen LogP contribution in [-0.2, 0) is 19.7 Å². The molecule has 0 radical (unpaired) electrons. The molecule has 0 unspecified atom stereocenters. The Balaban J connectivity index is 2.09. The number of hydrogen-bond donors (Lipinski definition) is 0. The van der Waals surface area contributed by atoms with Gasteiger partial charge in [-0.05, 0) is 41.3 Å². The van der Waals surface area contributed by atoms with E-state index in [4.69, 9.17) is 0 Å². The second-order valence-corrected chi connectivity index (χ2v) is 9.81. The first-order valence-corrected chi connectivity index (χ1v) is 10.5. The van der Waals surface area contributed by atoms with Crippen LogP contribution < -0.4 is 0 Å². The highest BCUT2D eigenvalue weighted by Gasteiger charge is 2.39. The summed E-state index contributed by atoms with van der Waals surface area (Å²) in [6, 6.07) is 13.9. The fourth-order valence-corrected chi connectivity index (χ4v) is 7.55. The summed E-state index contributed by atoms with van der Waals surface area (Å²) in [6.45, 7) is 0. The van der Waals surface area contributed by atoms with E-state index in [-0.39, 0.29) is 19.6 Å². The van der Waals surface area contributed by atoms with E-state index in [1.807, 2.05) is 17.5 Å². The van der Waals surface area contributed by atoms with Crippen LogP contribution in [0.1, 0.15) is 0 Å². The van der Waals surface area contributed by atoms with Crippen molar-refractivity contribution in [3.05, 3.63) is 60.0 Å². The van der Waals surface area contributed by atoms with E-state index in [0.29, 0.717) is 5.56 Å². The molecule has 0 amide bonds. The van der Waals surface area contributed by atoms with Gasteiger partial charge in [-0.25, -0.2) is 16.8 Å². The van der Waals surface area contributed by atoms with E-state index in [2.05, 4.69) is 0 Å². The Labute approximate surface area is 137 Å². The largest absolute Gasteiger partial charge is 0.218 e. The lowest BCUT2D eigenvalue weighted by Crippen LogP contribution is -2.19. The average molecular weight is 362 g/mol. The van der Waals surface area contributed by atoms with Gasteiger partial charge in [0.05, 0.1) is 19.6 Å². The Morgan fingerprint density at radius 3 is 1.87 bits per heavy atom. The summed E-state index contributed by atoms with van der Waals surface area (Å²) in [5.41, 5.74) is 0.692. The summed E-state index contributed by atoms with van der Waals surface area (Å²) in [6.07, 6.45) is 0. The predicted molar refractivity (Wildman–Crippen MR) is 87.1 cm³/mol. The van der Waals surface area contributed by atoms with Gasteiger partial charge < -0.3 is 0 Å². The van der Waals surface area contributed by atoms with Crippen molar-refractivity contribution < 1.29 is 16.8 Å². The summed E-state index contributed by atoms with van der Waals surface area (Å²) in [5, 5.41) is 1.88. The summed E-state index contributed by atoms with van der Waals surface area (Å²) in [4.78, 5) is 0.269. The first kappa shape index (κ1) is 14.6. The molecule has 0 fully saturated rings. The Kier molecular flexibility index (Phi) is 3.03. The third-order valence-corrected chi connectivity index (χ3v) is 8.66. The SMILES string of the molecule is O=S1(=O)c2ccccc2S(=O)(=O)c2cc(-c3cccs3)ccc21. The molecule has 0 bridgehead atoms. The molecule has 0 saturated heterocycles. The molecule has 0 N–H and O–H groups in total. The quantitative estimate of drug-likeness (QED) is 0.520. The van der Waals surface area contributed by atoms with Gasteiger partial charge >= 0.3 is 0 Å². The van der Waals surface area contributed by atoms with E-state index in [9.17, 15) is 16.8 Å². The van der Waals surface area contributed by atoms with Crippen LogP contribution in [-0.4, -0.2) is 16.8 Å². The normalized spacial score (nSPS) is 17.2. The van der Waals surface area contributed by atoms with Crippen LogP contribution in [0.15, 0.2) is 79.6 Å².